The van der Waals surface area contributed by atoms with Crippen molar-refractivity contribution in [2.24, 2.45) is 0 Å². The normalized spacial score (nSPS) is 11.7. The van der Waals surface area contributed by atoms with Crippen LogP contribution in [0, 0.1) is 6.92 Å². The summed E-state index contributed by atoms with van der Waals surface area (Å²) in [6.07, 6.45) is 0. The predicted octanol–water partition coefficient (Wildman–Crippen LogP) is 10.9. The number of aryl methyl sites for hydroxylation is 1. The minimum absolute atomic E-state index is 0.901. The zero-order chi connectivity index (χ0) is 29.9. The number of fused-ring (bicyclic) bond motifs is 7. The molecule has 0 N–H and O–H groups in total. The van der Waals surface area contributed by atoms with Crippen molar-refractivity contribution in [2.45, 2.75) is 6.92 Å². The minimum atomic E-state index is 0.901. The maximum absolute atomic E-state index is 5.42. The first-order valence-electron chi connectivity index (χ1n) is 15.4. The van der Waals surface area contributed by atoms with Crippen LogP contribution in [0.15, 0.2) is 158 Å². The fourth-order valence-electron chi connectivity index (χ4n) is 7.06. The van der Waals surface area contributed by atoms with Crippen LogP contribution in [0.1, 0.15) is 5.56 Å². The molecule has 0 unspecified atom stereocenters. The molecule has 3 nitrogen and oxygen atoms in total. The molecule has 0 saturated carbocycles. The Morgan fingerprint density at radius 3 is 1.73 bits per heavy atom. The smallest absolute Gasteiger partial charge is 0.138 e. The number of benzene rings is 6. The molecule has 0 fully saturated rings. The summed E-state index contributed by atoms with van der Waals surface area (Å²) < 4.78 is 4.83. The topological polar surface area (TPSA) is 22.8 Å². The van der Waals surface area contributed by atoms with Crippen LogP contribution in [0.3, 0.4) is 0 Å². The second-order valence-electron chi connectivity index (χ2n) is 11.7. The maximum atomic E-state index is 5.42. The number of aromatic nitrogens is 3. The Hall–Kier alpha value is -5.93. The van der Waals surface area contributed by atoms with E-state index in [0.29, 0.717) is 0 Å². The molecule has 0 bridgehead atoms. The summed E-state index contributed by atoms with van der Waals surface area (Å²) in [5.74, 6) is 0.901. The molecule has 0 aliphatic rings. The third-order valence-electron chi connectivity index (χ3n) is 9.00. The predicted molar refractivity (Wildman–Crippen MR) is 189 cm³/mol. The molecule has 0 aliphatic carbocycles. The molecule has 6 aromatic carbocycles. The zero-order valence-corrected chi connectivity index (χ0v) is 24.9. The number of hydrogen-bond acceptors (Lipinski definition) is 1. The minimum Gasteiger partial charge on any atom is -0.307 e. The van der Waals surface area contributed by atoms with Gasteiger partial charge in [0.1, 0.15) is 5.82 Å². The van der Waals surface area contributed by atoms with Gasteiger partial charge in [0.05, 0.1) is 27.8 Å². The van der Waals surface area contributed by atoms with Crippen LogP contribution in [-0.4, -0.2) is 14.1 Å². The van der Waals surface area contributed by atoms with Crippen molar-refractivity contribution in [3.8, 4) is 33.9 Å². The molecular formula is C42H29N3. The van der Waals surface area contributed by atoms with Crippen molar-refractivity contribution in [3.05, 3.63) is 163 Å². The van der Waals surface area contributed by atoms with Crippen molar-refractivity contribution in [1.29, 1.82) is 0 Å². The summed E-state index contributed by atoms with van der Waals surface area (Å²) in [4.78, 5) is 5.42. The van der Waals surface area contributed by atoms with Gasteiger partial charge in [-0.05, 0) is 66.1 Å². The van der Waals surface area contributed by atoms with Gasteiger partial charge in [-0.1, -0.05) is 115 Å². The van der Waals surface area contributed by atoms with E-state index in [2.05, 4.69) is 174 Å². The van der Waals surface area contributed by atoms with Crippen molar-refractivity contribution >= 4 is 43.6 Å². The van der Waals surface area contributed by atoms with Gasteiger partial charge in [-0.25, -0.2) is 4.98 Å². The molecule has 9 aromatic rings. The Morgan fingerprint density at radius 1 is 0.444 bits per heavy atom. The summed E-state index contributed by atoms with van der Waals surface area (Å²) in [6.45, 7) is 2.25. The van der Waals surface area contributed by atoms with E-state index in [0.717, 1.165) is 33.8 Å². The lowest BCUT2D eigenvalue weighted by Crippen LogP contribution is -2.02. The Balaban J connectivity index is 1.50. The quantitative estimate of drug-likeness (QED) is 0.205. The SMILES string of the molecule is Cc1cc2c3ccccc3n(-c3ccccc3)c2c2c1c1ccccc1n2-c1cc(-c2ccccc2)cc(-c2ccccc2)n1. The lowest BCUT2D eigenvalue weighted by Gasteiger charge is -2.15. The molecule has 0 radical (unpaired) electrons. The second-order valence-corrected chi connectivity index (χ2v) is 11.7. The molecular weight excluding hydrogens is 546 g/mol. The molecule has 0 amide bonds. The highest BCUT2D eigenvalue weighted by atomic mass is 15.1. The number of hydrogen-bond donors (Lipinski definition) is 0. The van der Waals surface area contributed by atoms with Crippen molar-refractivity contribution < 1.29 is 0 Å². The van der Waals surface area contributed by atoms with Gasteiger partial charge in [-0.2, -0.15) is 0 Å². The molecule has 0 aliphatic heterocycles. The van der Waals surface area contributed by atoms with Gasteiger partial charge in [-0.3, -0.25) is 4.57 Å². The number of rotatable bonds is 4. The Morgan fingerprint density at radius 2 is 1.02 bits per heavy atom. The van der Waals surface area contributed by atoms with Crippen LogP contribution in [0.4, 0.5) is 0 Å². The van der Waals surface area contributed by atoms with Gasteiger partial charge in [0.25, 0.3) is 0 Å². The molecule has 0 saturated heterocycles. The van der Waals surface area contributed by atoms with E-state index in [1.807, 2.05) is 0 Å². The van der Waals surface area contributed by atoms with Crippen molar-refractivity contribution in [2.75, 3.05) is 0 Å². The summed E-state index contributed by atoms with van der Waals surface area (Å²) in [6, 6.07) is 56.2. The van der Waals surface area contributed by atoms with Crippen molar-refractivity contribution in [3.63, 3.8) is 0 Å². The Bertz CT molecular complexity index is 2460. The van der Waals surface area contributed by atoms with Gasteiger partial charge >= 0.3 is 0 Å². The molecule has 3 heteroatoms. The summed E-state index contributed by atoms with van der Waals surface area (Å²) in [5.41, 5.74) is 11.4. The highest BCUT2D eigenvalue weighted by Crippen LogP contribution is 2.43. The standard InChI is InChI=1S/C42H29N3/c1-28-25-35-33-21-11-13-23-37(33)44(32-19-9-4-10-20-32)41(35)42-40(28)34-22-12-14-24-38(34)45(42)39-27-31(29-15-5-2-6-16-29)26-36(43-39)30-17-7-3-8-18-30/h2-27H,1H3. The lowest BCUT2D eigenvalue weighted by atomic mass is 10.0. The number of nitrogens with zero attached hydrogens (tertiary/aromatic N) is 3. The van der Waals surface area contributed by atoms with Crippen molar-refractivity contribution in [1.82, 2.24) is 14.1 Å². The monoisotopic (exact) mass is 575 g/mol. The summed E-state index contributed by atoms with van der Waals surface area (Å²) in [5, 5.41) is 4.97. The van der Waals surface area contributed by atoms with E-state index in [4.69, 9.17) is 4.98 Å². The first-order valence-corrected chi connectivity index (χ1v) is 15.4. The first-order chi connectivity index (χ1) is 22.3. The fraction of sp³-hybridized carbons (Fsp3) is 0.0238. The van der Waals surface area contributed by atoms with Gasteiger partial charge in [0.2, 0.25) is 0 Å². The molecule has 0 atom stereocenters. The molecule has 45 heavy (non-hydrogen) atoms. The van der Waals surface area contributed by atoms with E-state index in [1.54, 1.807) is 0 Å². The molecule has 212 valence electrons. The van der Waals surface area contributed by atoms with E-state index in [9.17, 15) is 0 Å². The first kappa shape index (κ1) is 25.6. The van der Waals surface area contributed by atoms with E-state index < -0.39 is 0 Å². The van der Waals surface area contributed by atoms with Crippen LogP contribution in [0.2, 0.25) is 0 Å². The molecule has 0 spiro atoms. The van der Waals surface area contributed by atoms with Gasteiger partial charge in [0.15, 0.2) is 0 Å². The zero-order valence-electron chi connectivity index (χ0n) is 24.9. The molecule has 9 rings (SSSR count). The summed E-state index contributed by atoms with van der Waals surface area (Å²) in [7, 11) is 0. The maximum Gasteiger partial charge on any atom is 0.138 e. The third kappa shape index (κ3) is 3.94. The summed E-state index contributed by atoms with van der Waals surface area (Å²) >= 11 is 0. The largest absolute Gasteiger partial charge is 0.307 e. The molecule has 3 aromatic heterocycles. The number of para-hydroxylation sites is 3. The average molecular weight is 576 g/mol. The fourth-order valence-corrected chi connectivity index (χ4v) is 7.06. The van der Waals surface area contributed by atoms with E-state index in [1.165, 1.54) is 49.2 Å². The molecule has 3 heterocycles. The van der Waals surface area contributed by atoms with E-state index >= 15 is 0 Å². The third-order valence-corrected chi connectivity index (χ3v) is 9.00. The van der Waals surface area contributed by atoms with Gasteiger partial charge < -0.3 is 4.57 Å². The van der Waals surface area contributed by atoms with Gasteiger partial charge in [-0.15, -0.1) is 0 Å². The van der Waals surface area contributed by atoms with E-state index in [-0.39, 0.29) is 0 Å². The Labute approximate surface area is 261 Å². The van der Waals surface area contributed by atoms with Gasteiger partial charge in [0, 0.05) is 32.8 Å². The van der Waals surface area contributed by atoms with Crippen LogP contribution >= 0.6 is 0 Å². The second kappa shape index (κ2) is 10.1. The van der Waals surface area contributed by atoms with Crippen LogP contribution < -0.4 is 0 Å². The van der Waals surface area contributed by atoms with Crippen LogP contribution in [0.5, 0.6) is 0 Å². The number of pyridine rings is 1. The van der Waals surface area contributed by atoms with Crippen LogP contribution in [0.25, 0.3) is 77.5 Å². The highest BCUT2D eigenvalue weighted by molar-refractivity contribution is 6.24. The Kier molecular flexibility index (Phi) is 5.72. The highest BCUT2D eigenvalue weighted by Gasteiger charge is 2.23. The lowest BCUT2D eigenvalue weighted by molar-refractivity contribution is 1.08. The van der Waals surface area contributed by atoms with Crippen LogP contribution in [-0.2, 0) is 0 Å². The average Bonchev–Trinajstić information content (AvgIpc) is 3.63.